The maximum absolute atomic E-state index is 6.29. The summed E-state index contributed by atoms with van der Waals surface area (Å²) in [5.74, 6) is 2.00. The van der Waals surface area contributed by atoms with Gasteiger partial charge in [-0.15, -0.1) is 10.2 Å². The van der Waals surface area contributed by atoms with Crippen molar-refractivity contribution in [3.05, 3.63) is 89.7 Å². The van der Waals surface area contributed by atoms with Gasteiger partial charge in [0.2, 0.25) is 5.95 Å². The largest absolute Gasteiger partial charge is 0.337 e. The maximum Gasteiger partial charge on any atom is 0.227 e. The zero-order valence-electron chi connectivity index (χ0n) is 17.5. The van der Waals surface area contributed by atoms with Gasteiger partial charge in [0.15, 0.2) is 11.0 Å². The normalized spacial score (nSPS) is 15.7. The van der Waals surface area contributed by atoms with Gasteiger partial charge in [-0.2, -0.15) is 4.98 Å². The Labute approximate surface area is 192 Å². The lowest BCUT2D eigenvalue weighted by atomic mass is 10.0. The minimum atomic E-state index is 0.367. The summed E-state index contributed by atoms with van der Waals surface area (Å²) in [6.45, 7) is 0.958. The summed E-state index contributed by atoms with van der Waals surface area (Å²) < 4.78 is 0. The fourth-order valence-electron chi connectivity index (χ4n) is 4.14. The second-order valence-corrected chi connectivity index (χ2v) is 8.20. The molecule has 2 aromatic heterocycles. The molecule has 0 amide bonds. The molecule has 0 aliphatic carbocycles. The van der Waals surface area contributed by atoms with Crippen LogP contribution in [0.25, 0.3) is 11.1 Å². The number of halogens is 1. The summed E-state index contributed by atoms with van der Waals surface area (Å²) in [6.07, 6.45) is 5.05. The second-order valence-electron chi connectivity index (χ2n) is 7.85. The van der Waals surface area contributed by atoms with Gasteiger partial charge in [-0.05, 0) is 42.5 Å². The zero-order chi connectivity index (χ0) is 21.8. The van der Waals surface area contributed by atoms with Gasteiger partial charge >= 0.3 is 0 Å². The Morgan fingerprint density at radius 1 is 0.938 bits per heavy atom. The summed E-state index contributed by atoms with van der Waals surface area (Å²) in [5, 5.41) is 11.9. The van der Waals surface area contributed by atoms with E-state index in [4.69, 9.17) is 16.6 Å². The molecule has 1 saturated heterocycles. The van der Waals surface area contributed by atoms with Crippen LogP contribution in [0.15, 0.2) is 79.0 Å². The number of anilines is 3. The van der Waals surface area contributed by atoms with Gasteiger partial charge < -0.3 is 10.2 Å². The zero-order valence-corrected chi connectivity index (χ0v) is 18.3. The summed E-state index contributed by atoms with van der Waals surface area (Å²) in [7, 11) is 0. The Kier molecular flexibility index (Phi) is 5.94. The third-order valence-corrected chi connectivity index (χ3v) is 5.96. The molecule has 32 heavy (non-hydrogen) atoms. The van der Waals surface area contributed by atoms with E-state index in [-0.39, 0.29) is 0 Å². The predicted octanol–water partition coefficient (Wildman–Crippen LogP) is 5.54. The van der Waals surface area contributed by atoms with Crippen LogP contribution in [0.4, 0.5) is 17.6 Å². The number of nitrogens with zero attached hydrogens (tertiary/aromatic N) is 5. The van der Waals surface area contributed by atoms with Crippen molar-refractivity contribution < 1.29 is 0 Å². The second kappa shape index (κ2) is 9.32. The number of aromatic nitrogens is 4. The minimum absolute atomic E-state index is 0.367. The molecule has 0 saturated carbocycles. The summed E-state index contributed by atoms with van der Waals surface area (Å²) in [6, 6.07) is 24.6. The van der Waals surface area contributed by atoms with E-state index in [0.29, 0.717) is 22.8 Å². The molecular weight excluding hydrogens is 420 g/mol. The number of hydrogen-bond donors (Lipinski definition) is 1. The van der Waals surface area contributed by atoms with Crippen LogP contribution in [0.2, 0.25) is 5.15 Å². The first-order valence-corrected chi connectivity index (χ1v) is 11.1. The lowest BCUT2D eigenvalue weighted by molar-refractivity contribution is 0.651. The Balaban J connectivity index is 1.36. The van der Waals surface area contributed by atoms with Crippen molar-refractivity contribution in [3.8, 4) is 11.1 Å². The van der Waals surface area contributed by atoms with Gasteiger partial charge in [-0.3, -0.25) is 0 Å². The molecule has 1 aliphatic heterocycles. The molecule has 0 spiro atoms. The number of rotatable bonds is 6. The molecule has 3 heterocycles. The van der Waals surface area contributed by atoms with Gasteiger partial charge in [0.1, 0.15) is 5.82 Å². The molecule has 4 aromatic rings. The van der Waals surface area contributed by atoms with Crippen LogP contribution >= 0.6 is 11.6 Å². The van der Waals surface area contributed by atoms with Crippen LogP contribution in [-0.4, -0.2) is 32.8 Å². The number of benzene rings is 2. The Hall–Kier alpha value is -3.51. The Morgan fingerprint density at radius 3 is 2.53 bits per heavy atom. The quantitative estimate of drug-likeness (QED) is 0.422. The van der Waals surface area contributed by atoms with Crippen molar-refractivity contribution in [1.29, 1.82) is 0 Å². The third-order valence-electron chi connectivity index (χ3n) is 5.68. The van der Waals surface area contributed by atoms with Gasteiger partial charge in [0.05, 0.1) is 0 Å². The van der Waals surface area contributed by atoms with Crippen LogP contribution in [0.1, 0.15) is 18.4 Å². The highest BCUT2D eigenvalue weighted by Gasteiger charge is 2.27. The van der Waals surface area contributed by atoms with E-state index in [1.807, 2.05) is 42.5 Å². The highest BCUT2D eigenvalue weighted by Crippen LogP contribution is 2.29. The van der Waals surface area contributed by atoms with E-state index in [1.54, 1.807) is 6.20 Å². The summed E-state index contributed by atoms with van der Waals surface area (Å²) in [5.41, 5.74) is 3.14. The van der Waals surface area contributed by atoms with Crippen molar-refractivity contribution >= 4 is 29.2 Å². The standard InChI is InChI=1S/C25H23ClN6/c26-24-21(19-10-5-2-6-11-19)17-23(30-31-24)28-22-13-14-27-25(29-22)32-15-7-12-20(32)16-18-8-3-1-4-9-18/h1-6,8-11,13-14,17,20H,7,12,15-16H2,(H,27,28,29,30). The Morgan fingerprint density at radius 2 is 1.72 bits per heavy atom. The molecule has 7 heteroatoms. The average Bonchev–Trinajstić information content (AvgIpc) is 3.30. The third kappa shape index (κ3) is 4.55. The number of nitrogens with one attached hydrogen (secondary N) is 1. The minimum Gasteiger partial charge on any atom is -0.337 e. The van der Waals surface area contributed by atoms with Crippen molar-refractivity contribution in [2.75, 3.05) is 16.8 Å². The van der Waals surface area contributed by atoms with Crippen molar-refractivity contribution in [2.24, 2.45) is 0 Å². The molecule has 5 rings (SSSR count). The van der Waals surface area contributed by atoms with E-state index in [9.17, 15) is 0 Å². The molecule has 1 N–H and O–H groups in total. The SMILES string of the molecule is Clc1nnc(Nc2ccnc(N3CCCC3Cc3ccccc3)n2)cc1-c1ccccc1. The lowest BCUT2D eigenvalue weighted by Gasteiger charge is -2.25. The van der Waals surface area contributed by atoms with Gasteiger partial charge in [0, 0.05) is 24.3 Å². The van der Waals surface area contributed by atoms with Crippen molar-refractivity contribution in [3.63, 3.8) is 0 Å². The van der Waals surface area contributed by atoms with Crippen LogP contribution < -0.4 is 10.2 Å². The van der Waals surface area contributed by atoms with Crippen LogP contribution in [-0.2, 0) is 6.42 Å². The highest BCUT2D eigenvalue weighted by atomic mass is 35.5. The fourth-order valence-corrected chi connectivity index (χ4v) is 4.34. The van der Waals surface area contributed by atoms with E-state index < -0.39 is 0 Å². The molecule has 1 atom stereocenters. The maximum atomic E-state index is 6.29. The van der Waals surface area contributed by atoms with Gasteiger partial charge in [0.25, 0.3) is 0 Å². The molecule has 0 radical (unpaired) electrons. The molecule has 1 aliphatic rings. The smallest absolute Gasteiger partial charge is 0.227 e. The summed E-state index contributed by atoms with van der Waals surface area (Å²) in [4.78, 5) is 11.6. The average molecular weight is 443 g/mol. The molecule has 6 nitrogen and oxygen atoms in total. The van der Waals surface area contributed by atoms with Crippen molar-refractivity contribution in [1.82, 2.24) is 20.2 Å². The molecule has 160 valence electrons. The molecular formula is C25H23ClN6. The summed E-state index contributed by atoms with van der Waals surface area (Å²) >= 11 is 6.29. The first-order valence-electron chi connectivity index (χ1n) is 10.8. The van der Waals surface area contributed by atoms with Gasteiger partial charge in [-0.25, -0.2) is 4.98 Å². The number of hydrogen-bond acceptors (Lipinski definition) is 6. The van der Waals surface area contributed by atoms with Crippen LogP contribution in [0.3, 0.4) is 0 Å². The monoisotopic (exact) mass is 442 g/mol. The van der Waals surface area contributed by atoms with Gasteiger partial charge in [-0.1, -0.05) is 72.3 Å². The van der Waals surface area contributed by atoms with E-state index >= 15 is 0 Å². The first kappa shape index (κ1) is 20.4. The fraction of sp³-hybridized carbons (Fsp3) is 0.200. The predicted molar refractivity (Wildman–Crippen MR) is 128 cm³/mol. The van der Waals surface area contributed by atoms with Crippen LogP contribution in [0, 0.1) is 0 Å². The molecule has 1 unspecified atom stereocenters. The molecule has 0 bridgehead atoms. The van der Waals surface area contributed by atoms with Crippen molar-refractivity contribution in [2.45, 2.75) is 25.3 Å². The van der Waals surface area contributed by atoms with Crippen LogP contribution in [0.5, 0.6) is 0 Å². The lowest BCUT2D eigenvalue weighted by Crippen LogP contribution is -2.32. The van der Waals surface area contributed by atoms with E-state index in [1.165, 1.54) is 5.56 Å². The van der Waals surface area contributed by atoms with E-state index in [2.05, 4.69) is 55.7 Å². The first-order chi connectivity index (χ1) is 15.8. The molecule has 1 fully saturated rings. The molecule has 2 aromatic carbocycles. The Bertz CT molecular complexity index is 1190. The topological polar surface area (TPSA) is 66.8 Å². The highest BCUT2D eigenvalue weighted by molar-refractivity contribution is 6.32. The van der Waals surface area contributed by atoms with E-state index in [0.717, 1.165) is 42.9 Å².